The van der Waals surface area contributed by atoms with Crippen LogP contribution in [0.15, 0.2) is 83.8 Å². The Labute approximate surface area is 148 Å². The molecule has 3 nitrogen and oxygen atoms in total. The van der Waals surface area contributed by atoms with Crippen LogP contribution in [0.1, 0.15) is 16.7 Å². The van der Waals surface area contributed by atoms with Crippen molar-refractivity contribution in [3.8, 4) is 0 Å². The first-order chi connectivity index (χ1) is 12.0. The van der Waals surface area contributed by atoms with E-state index in [1.165, 1.54) is 0 Å². The lowest BCUT2D eigenvalue weighted by atomic mass is 10.1. The second-order valence-electron chi connectivity index (χ2n) is 5.78. The Morgan fingerprint density at radius 1 is 0.720 bits per heavy atom. The molecular weight excluding hydrogens is 330 g/mol. The first-order valence-electron chi connectivity index (χ1n) is 7.96. The zero-order valence-electron chi connectivity index (χ0n) is 13.9. The summed E-state index contributed by atoms with van der Waals surface area (Å²) in [4.78, 5) is 0.256. The summed E-state index contributed by atoms with van der Waals surface area (Å²) >= 11 is 0. The molecule has 0 saturated carbocycles. The number of hydrogen-bond acceptors (Lipinski definition) is 2. The SMILES string of the molecule is Cc1ccc(S(=O)(=O)Nc2ccc(C=Cc3ccccc3)cc2)cc1. The Balaban J connectivity index is 1.72. The molecule has 3 rings (SSSR count). The lowest BCUT2D eigenvalue weighted by molar-refractivity contribution is 0.601. The van der Waals surface area contributed by atoms with E-state index < -0.39 is 10.0 Å². The molecule has 126 valence electrons. The number of aryl methyl sites for hydroxylation is 1. The summed E-state index contributed by atoms with van der Waals surface area (Å²) in [6.45, 7) is 1.92. The Hall–Kier alpha value is -2.85. The van der Waals surface area contributed by atoms with Crippen molar-refractivity contribution in [2.24, 2.45) is 0 Å². The summed E-state index contributed by atoms with van der Waals surface area (Å²) in [5, 5.41) is 0. The minimum Gasteiger partial charge on any atom is -0.280 e. The highest BCUT2D eigenvalue weighted by Crippen LogP contribution is 2.18. The molecule has 0 bridgehead atoms. The zero-order valence-corrected chi connectivity index (χ0v) is 14.7. The quantitative estimate of drug-likeness (QED) is 0.661. The molecule has 0 heterocycles. The molecule has 1 N–H and O–H groups in total. The standard InChI is InChI=1S/C21H19NO2S/c1-17-7-15-21(16-8-17)25(23,24)22-20-13-11-19(12-14-20)10-9-18-5-3-2-4-6-18/h2-16,22H,1H3. The molecule has 0 unspecified atom stereocenters. The molecule has 3 aromatic rings. The van der Waals surface area contributed by atoms with Crippen LogP contribution >= 0.6 is 0 Å². The lowest BCUT2D eigenvalue weighted by Crippen LogP contribution is -2.12. The van der Waals surface area contributed by atoms with Crippen molar-refractivity contribution in [3.05, 3.63) is 95.6 Å². The molecule has 0 saturated heterocycles. The summed E-state index contributed by atoms with van der Waals surface area (Å²) < 4.78 is 27.4. The van der Waals surface area contributed by atoms with Gasteiger partial charge in [0.1, 0.15) is 0 Å². The third-order valence-corrected chi connectivity index (χ3v) is 5.16. The van der Waals surface area contributed by atoms with Crippen LogP contribution < -0.4 is 4.72 Å². The number of anilines is 1. The molecule has 4 heteroatoms. The smallest absolute Gasteiger partial charge is 0.261 e. The van der Waals surface area contributed by atoms with Crippen LogP contribution in [0.5, 0.6) is 0 Å². The third kappa shape index (κ3) is 4.58. The van der Waals surface area contributed by atoms with E-state index in [1.54, 1.807) is 36.4 Å². The van der Waals surface area contributed by atoms with Crippen molar-refractivity contribution in [1.29, 1.82) is 0 Å². The molecule has 0 atom stereocenters. The van der Waals surface area contributed by atoms with Gasteiger partial charge in [-0.25, -0.2) is 8.42 Å². The van der Waals surface area contributed by atoms with E-state index in [0.29, 0.717) is 5.69 Å². The fraction of sp³-hybridized carbons (Fsp3) is 0.0476. The van der Waals surface area contributed by atoms with Crippen LogP contribution in [-0.2, 0) is 10.0 Å². The molecule has 0 aromatic heterocycles. The Bertz CT molecular complexity index is 959. The summed E-state index contributed by atoms with van der Waals surface area (Å²) in [7, 11) is -3.57. The average Bonchev–Trinajstić information content (AvgIpc) is 2.62. The maximum absolute atomic E-state index is 12.4. The maximum Gasteiger partial charge on any atom is 0.261 e. The van der Waals surface area contributed by atoms with Gasteiger partial charge in [-0.15, -0.1) is 0 Å². The average molecular weight is 349 g/mol. The molecule has 3 aromatic carbocycles. The monoisotopic (exact) mass is 349 g/mol. The predicted octanol–water partition coefficient (Wildman–Crippen LogP) is 4.97. The van der Waals surface area contributed by atoms with Crippen molar-refractivity contribution in [2.75, 3.05) is 4.72 Å². The van der Waals surface area contributed by atoms with Gasteiger partial charge in [0.05, 0.1) is 4.90 Å². The van der Waals surface area contributed by atoms with E-state index in [0.717, 1.165) is 16.7 Å². The van der Waals surface area contributed by atoms with Gasteiger partial charge in [0, 0.05) is 5.69 Å². The zero-order chi connectivity index (χ0) is 17.7. The van der Waals surface area contributed by atoms with Crippen LogP contribution in [0.3, 0.4) is 0 Å². The van der Waals surface area contributed by atoms with Crippen molar-refractivity contribution in [2.45, 2.75) is 11.8 Å². The second-order valence-corrected chi connectivity index (χ2v) is 7.47. The lowest BCUT2D eigenvalue weighted by Gasteiger charge is -2.08. The summed E-state index contributed by atoms with van der Waals surface area (Å²) in [5.41, 5.74) is 3.68. The Kier molecular flexibility index (Phi) is 5.00. The number of benzene rings is 3. The Morgan fingerprint density at radius 2 is 1.28 bits per heavy atom. The van der Waals surface area contributed by atoms with Gasteiger partial charge in [0.15, 0.2) is 0 Å². The van der Waals surface area contributed by atoms with Gasteiger partial charge in [-0.3, -0.25) is 4.72 Å². The van der Waals surface area contributed by atoms with E-state index in [1.807, 2.05) is 61.5 Å². The normalized spacial score (nSPS) is 11.6. The van der Waals surface area contributed by atoms with Crippen LogP contribution in [0.25, 0.3) is 12.2 Å². The molecule has 0 aliphatic rings. The summed E-state index contributed by atoms with van der Waals surface area (Å²) in [6.07, 6.45) is 4.01. The summed E-state index contributed by atoms with van der Waals surface area (Å²) in [5.74, 6) is 0. The van der Waals surface area contributed by atoms with Gasteiger partial charge in [-0.2, -0.15) is 0 Å². The maximum atomic E-state index is 12.4. The topological polar surface area (TPSA) is 46.2 Å². The van der Waals surface area contributed by atoms with Gasteiger partial charge in [-0.05, 0) is 42.3 Å². The van der Waals surface area contributed by atoms with Crippen molar-refractivity contribution in [3.63, 3.8) is 0 Å². The highest BCUT2D eigenvalue weighted by molar-refractivity contribution is 7.92. The van der Waals surface area contributed by atoms with Gasteiger partial charge in [0.25, 0.3) is 10.0 Å². The highest BCUT2D eigenvalue weighted by Gasteiger charge is 2.13. The van der Waals surface area contributed by atoms with Gasteiger partial charge < -0.3 is 0 Å². The fourth-order valence-electron chi connectivity index (χ4n) is 2.35. The first kappa shape index (κ1) is 17.0. The largest absolute Gasteiger partial charge is 0.280 e. The molecule has 0 spiro atoms. The number of nitrogens with one attached hydrogen (secondary N) is 1. The van der Waals surface area contributed by atoms with Gasteiger partial charge in [-0.1, -0.05) is 72.3 Å². The minimum absolute atomic E-state index is 0.256. The van der Waals surface area contributed by atoms with E-state index >= 15 is 0 Å². The van der Waals surface area contributed by atoms with Gasteiger partial charge >= 0.3 is 0 Å². The van der Waals surface area contributed by atoms with E-state index in [2.05, 4.69) is 4.72 Å². The van der Waals surface area contributed by atoms with Crippen LogP contribution in [0.2, 0.25) is 0 Å². The molecule has 0 radical (unpaired) electrons. The second kappa shape index (κ2) is 7.36. The molecular formula is C21H19NO2S. The van der Waals surface area contributed by atoms with Crippen molar-refractivity contribution in [1.82, 2.24) is 0 Å². The van der Waals surface area contributed by atoms with Crippen molar-refractivity contribution >= 4 is 27.9 Å². The number of hydrogen-bond donors (Lipinski definition) is 1. The molecule has 0 aliphatic carbocycles. The highest BCUT2D eigenvalue weighted by atomic mass is 32.2. The molecule has 25 heavy (non-hydrogen) atoms. The first-order valence-corrected chi connectivity index (χ1v) is 9.44. The van der Waals surface area contributed by atoms with Crippen molar-refractivity contribution < 1.29 is 8.42 Å². The van der Waals surface area contributed by atoms with Crippen LogP contribution in [-0.4, -0.2) is 8.42 Å². The molecule has 0 amide bonds. The van der Waals surface area contributed by atoms with E-state index in [-0.39, 0.29) is 4.90 Å². The molecule has 0 fully saturated rings. The number of sulfonamides is 1. The van der Waals surface area contributed by atoms with Crippen LogP contribution in [0, 0.1) is 6.92 Å². The fourth-order valence-corrected chi connectivity index (χ4v) is 3.41. The van der Waals surface area contributed by atoms with E-state index in [9.17, 15) is 8.42 Å². The number of rotatable bonds is 5. The molecule has 0 aliphatic heterocycles. The van der Waals surface area contributed by atoms with Crippen LogP contribution in [0.4, 0.5) is 5.69 Å². The van der Waals surface area contributed by atoms with Gasteiger partial charge in [0.2, 0.25) is 0 Å². The minimum atomic E-state index is -3.57. The Morgan fingerprint density at radius 3 is 1.88 bits per heavy atom. The predicted molar refractivity (Wildman–Crippen MR) is 104 cm³/mol. The third-order valence-electron chi connectivity index (χ3n) is 3.76. The summed E-state index contributed by atoms with van der Waals surface area (Å²) in [6, 6.07) is 24.1. The van der Waals surface area contributed by atoms with E-state index in [4.69, 9.17) is 0 Å².